The molecule has 2 aromatic carbocycles. The van der Waals surface area contributed by atoms with Crippen molar-refractivity contribution in [2.24, 2.45) is 0 Å². The van der Waals surface area contributed by atoms with Gasteiger partial charge >= 0.3 is 0 Å². The fourth-order valence-electron chi connectivity index (χ4n) is 3.16. The van der Waals surface area contributed by atoms with Gasteiger partial charge in [-0.3, -0.25) is 19.3 Å². The molecule has 28 heavy (non-hydrogen) atoms. The van der Waals surface area contributed by atoms with E-state index in [0.717, 1.165) is 11.3 Å². The Morgan fingerprint density at radius 2 is 1.61 bits per heavy atom. The Balaban J connectivity index is 1.41. The van der Waals surface area contributed by atoms with Crippen LogP contribution in [-0.4, -0.2) is 54.3 Å². The highest BCUT2D eigenvalue weighted by Crippen LogP contribution is 2.22. The summed E-state index contributed by atoms with van der Waals surface area (Å²) in [6.45, 7) is 3.10. The first-order valence-corrected chi connectivity index (χ1v) is 9.36. The molecule has 0 aliphatic carbocycles. The normalized spacial score (nSPS) is 12.9. The van der Waals surface area contributed by atoms with Gasteiger partial charge in [0.05, 0.1) is 17.7 Å². The summed E-state index contributed by atoms with van der Waals surface area (Å²) in [5.74, 6) is 0.208. The van der Waals surface area contributed by atoms with Crippen molar-refractivity contribution >= 4 is 17.7 Å². The minimum Gasteiger partial charge on any atom is -0.491 e. The van der Waals surface area contributed by atoms with Crippen molar-refractivity contribution in [2.45, 2.75) is 19.8 Å². The number of hydrogen-bond donors (Lipinski definition) is 0. The van der Waals surface area contributed by atoms with Crippen LogP contribution in [0.2, 0.25) is 0 Å². The van der Waals surface area contributed by atoms with Gasteiger partial charge in [-0.2, -0.15) is 0 Å². The zero-order valence-corrected chi connectivity index (χ0v) is 16.2. The third-order valence-corrected chi connectivity index (χ3v) is 4.85. The van der Waals surface area contributed by atoms with E-state index in [9.17, 15) is 14.4 Å². The molecule has 0 aromatic heterocycles. The fraction of sp³-hybridized carbons (Fsp3) is 0.318. The molecule has 0 atom stereocenters. The number of nitrogens with zero attached hydrogens (tertiary/aromatic N) is 2. The first kappa shape index (κ1) is 19.6. The van der Waals surface area contributed by atoms with E-state index in [0.29, 0.717) is 30.7 Å². The maximum Gasteiger partial charge on any atom is 0.261 e. The molecule has 6 nitrogen and oxygen atoms in total. The Labute approximate surface area is 164 Å². The quantitative estimate of drug-likeness (QED) is 0.661. The number of benzene rings is 2. The van der Waals surface area contributed by atoms with E-state index in [4.69, 9.17) is 4.74 Å². The van der Waals surface area contributed by atoms with Gasteiger partial charge in [0.2, 0.25) is 5.91 Å². The van der Waals surface area contributed by atoms with Crippen molar-refractivity contribution in [3.05, 3.63) is 65.2 Å². The predicted octanol–water partition coefficient (Wildman–Crippen LogP) is 2.91. The van der Waals surface area contributed by atoms with Crippen molar-refractivity contribution in [3.8, 4) is 5.75 Å². The number of amides is 3. The first-order chi connectivity index (χ1) is 13.5. The summed E-state index contributed by atoms with van der Waals surface area (Å²) in [5, 5.41) is 0. The predicted molar refractivity (Wildman–Crippen MR) is 105 cm³/mol. The monoisotopic (exact) mass is 380 g/mol. The number of hydrogen-bond acceptors (Lipinski definition) is 4. The third-order valence-electron chi connectivity index (χ3n) is 4.85. The Morgan fingerprint density at radius 1 is 1.00 bits per heavy atom. The summed E-state index contributed by atoms with van der Waals surface area (Å²) < 4.78 is 5.72. The lowest BCUT2D eigenvalue weighted by molar-refractivity contribution is -0.130. The minimum atomic E-state index is -0.284. The molecule has 0 unspecified atom stereocenters. The summed E-state index contributed by atoms with van der Waals surface area (Å²) in [5.41, 5.74) is 1.92. The third kappa shape index (κ3) is 4.22. The number of carbonyl (C=O) groups is 3. The number of aryl methyl sites for hydroxylation is 1. The van der Waals surface area contributed by atoms with E-state index >= 15 is 0 Å². The van der Waals surface area contributed by atoms with Crippen LogP contribution in [0.4, 0.5) is 0 Å². The van der Waals surface area contributed by atoms with Crippen LogP contribution in [0.3, 0.4) is 0 Å². The zero-order valence-electron chi connectivity index (χ0n) is 16.2. The van der Waals surface area contributed by atoms with Crippen LogP contribution >= 0.6 is 0 Å². The molecule has 6 heteroatoms. The van der Waals surface area contributed by atoms with Gasteiger partial charge in [-0.05, 0) is 37.1 Å². The van der Waals surface area contributed by atoms with Gasteiger partial charge in [-0.25, -0.2) is 0 Å². The molecular formula is C22H24N2O4. The van der Waals surface area contributed by atoms with Crippen LogP contribution in [-0.2, 0) is 4.79 Å². The second-order valence-corrected chi connectivity index (χ2v) is 6.84. The van der Waals surface area contributed by atoms with E-state index in [1.165, 1.54) is 4.90 Å². The number of rotatable bonds is 8. The van der Waals surface area contributed by atoms with Gasteiger partial charge in [0, 0.05) is 20.0 Å². The van der Waals surface area contributed by atoms with Crippen molar-refractivity contribution < 1.29 is 19.1 Å². The molecule has 1 heterocycles. The van der Waals surface area contributed by atoms with Crippen LogP contribution in [0.1, 0.15) is 39.1 Å². The van der Waals surface area contributed by atoms with Gasteiger partial charge in [0.1, 0.15) is 12.4 Å². The van der Waals surface area contributed by atoms with E-state index in [2.05, 4.69) is 0 Å². The highest BCUT2D eigenvalue weighted by Gasteiger charge is 2.34. The number of fused-ring (bicyclic) bond motifs is 1. The molecule has 0 N–H and O–H groups in total. The van der Waals surface area contributed by atoms with Gasteiger partial charge in [-0.15, -0.1) is 0 Å². The molecule has 0 radical (unpaired) electrons. The summed E-state index contributed by atoms with van der Waals surface area (Å²) in [4.78, 5) is 39.7. The highest BCUT2D eigenvalue weighted by atomic mass is 16.5. The Kier molecular flexibility index (Phi) is 6.09. The Hall–Kier alpha value is -3.15. The first-order valence-electron chi connectivity index (χ1n) is 9.36. The molecule has 0 spiro atoms. The number of likely N-dealkylation sites (N-methyl/N-ethyl adjacent to an activating group) is 1. The summed E-state index contributed by atoms with van der Waals surface area (Å²) in [6.07, 6.45) is 0.710. The van der Waals surface area contributed by atoms with Crippen molar-refractivity contribution in [1.82, 2.24) is 9.80 Å². The molecule has 146 valence electrons. The van der Waals surface area contributed by atoms with Crippen LogP contribution in [0.15, 0.2) is 48.5 Å². The van der Waals surface area contributed by atoms with Crippen LogP contribution < -0.4 is 4.74 Å². The van der Waals surface area contributed by atoms with Crippen molar-refractivity contribution in [3.63, 3.8) is 0 Å². The standard InChI is InChI=1S/C22H24N2O4/c1-16-8-3-6-11-19(16)28-15-14-23(2)20(25)12-7-13-24-21(26)17-9-4-5-10-18(17)22(24)27/h3-6,8-11H,7,12-15H2,1-2H3. The van der Waals surface area contributed by atoms with Gasteiger partial charge < -0.3 is 9.64 Å². The number of imide groups is 1. The zero-order chi connectivity index (χ0) is 20.1. The van der Waals surface area contributed by atoms with Crippen LogP contribution in [0, 0.1) is 6.92 Å². The molecular weight excluding hydrogens is 356 g/mol. The van der Waals surface area contributed by atoms with Crippen LogP contribution in [0.5, 0.6) is 5.75 Å². The molecule has 1 aliphatic heterocycles. The number of para-hydroxylation sites is 1. The lowest BCUT2D eigenvalue weighted by Crippen LogP contribution is -2.33. The average Bonchev–Trinajstić information content (AvgIpc) is 2.94. The molecule has 0 saturated carbocycles. The molecule has 2 aromatic rings. The van der Waals surface area contributed by atoms with Crippen molar-refractivity contribution in [1.29, 1.82) is 0 Å². The van der Waals surface area contributed by atoms with Gasteiger partial charge in [0.25, 0.3) is 11.8 Å². The van der Waals surface area contributed by atoms with E-state index in [-0.39, 0.29) is 30.7 Å². The molecule has 3 amide bonds. The SMILES string of the molecule is Cc1ccccc1OCCN(C)C(=O)CCCN1C(=O)c2ccccc2C1=O. The molecule has 0 fully saturated rings. The molecule has 0 bridgehead atoms. The maximum absolute atomic E-state index is 12.3. The molecule has 0 saturated heterocycles. The second-order valence-electron chi connectivity index (χ2n) is 6.84. The smallest absolute Gasteiger partial charge is 0.261 e. The Morgan fingerprint density at radius 3 is 2.25 bits per heavy atom. The summed E-state index contributed by atoms with van der Waals surface area (Å²) >= 11 is 0. The lowest BCUT2D eigenvalue weighted by Gasteiger charge is -2.19. The fourth-order valence-corrected chi connectivity index (χ4v) is 3.16. The highest BCUT2D eigenvalue weighted by molar-refractivity contribution is 6.21. The average molecular weight is 380 g/mol. The minimum absolute atomic E-state index is 0.0370. The van der Waals surface area contributed by atoms with Gasteiger partial charge in [0.15, 0.2) is 0 Å². The van der Waals surface area contributed by atoms with E-state index in [1.807, 2.05) is 31.2 Å². The van der Waals surface area contributed by atoms with Gasteiger partial charge in [-0.1, -0.05) is 30.3 Å². The second kappa shape index (κ2) is 8.69. The number of carbonyl (C=O) groups excluding carboxylic acids is 3. The molecule has 1 aliphatic rings. The lowest BCUT2D eigenvalue weighted by atomic mass is 10.1. The largest absolute Gasteiger partial charge is 0.491 e. The van der Waals surface area contributed by atoms with Crippen LogP contribution in [0.25, 0.3) is 0 Å². The molecule has 3 rings (SSSR count). The summed E-state index contributed by atoms with van der Waals surface area (Å²) in [7, 11) is 1.73. The number of ether oxygens (including phenoxy) is 1. The summed E-state index contributed by atoms with van der Waals surface area (Å²) in [6, 6.07) is 14.5. The topological polar surface area (TPSA) is 66.9 Å². The van der Waals surface area contributed by atoms with E-state index < -0.39 is 0 Å². The van der Waals surface area contributed by atoms with Crippen molar-refractivity contribution in [2.75, 3.05) is 26.7 Å². The maximum atomic E-state index is 12.3. The Bertz CT molecular complexity index is 859. The van der Waals surface area contributed by atoms with E-state index in [1.54, 1.807) is 36.2 Å².